The van der Waals surface area contributed by atoms with Gasteiger partial charge in [-0.2, -0.15) is 0 Å². The number of rotatable bonds is 3. The van der Waals surface area contributed by atoms with E-state index >= 15 is 0 Å². The molecule has 0 fully saturated rings. The first-order valence-electron chi connectivity index (χ1n) is 6.75. The van der Waals surface area contributed by atoms with Crippen molar-refractivity contribution in [1.29, 1.82) is 0 Å². The third-order valence-corrected chi connectivity index (χ3v) is 3.60. The largest absolute Gasteiger partial charge is 0.417 e. The van der Waals surface area contributed by atoms with Gasteiger partial charge in [0.2, 0.25) is 0 Å². The Kier molecular flexibility index (Phi) is 3.22. The Labute approximate surface area is 121 Å². The highest BCUT2D eigenvalue weighted by atomic mass is 16.4. The van der Waals surface area contributed by atoms with E-state index in [2.05, 4.69) is 4.98 Å². The summed E-state index contributed by atoms with van der Waals surface area (Å²) in [7, 11) is 0. The highest BCUT2D eigenvalue weighted by Crippen LogP contribution is 2.17. The Morgan fingerprint density at radius 2 is 1.95 bits per heavy atom. The number of carbonyl (C=O) groups excluding carboxylic acids is 1. The first-order valence-corrected chi connectivity index (χ1v) is 6.75. The van der Waals surface area contributed by atoms with E-state index in [1.54, 1.807) is 18.2 Å². The van der Waals surface area contributed by atoms with Gasteiger partial charge in [-0.05, 0) is 43.2 Å². The number of nitrogens with one attached hydrogen (secondary N) is 1. The fraction of sp³-hybridized carbons (Fsp3) is 0.176. The van der Waals surface area contributed by atoms with Crippen LogP contribution in [0.5, 0.6) is 0 Å². The summed E-state index contributed by atoms with van der Waals surface area (Å²) in [5.74, 6) is -0.501. The third kappa shape index (κ3) is 2.65. The van der Waals surface area contributed by atoms with Crippen molar-refractivity contribution in [3.05, 3.63) is 69.2 Å². The summed E-state index contributed by atoms with van der Waals surface area (Å²) >= 11 is 0. The minimum absolute atomic E-state index is 0.00875. The van der Waals surface area contributed by atoms with E-state index in [9.17, 15) is 9.59 Å². The fourth-order valence-electron chi connectivity index (χ4n) is 2.38. The van der Waals surface area contributed by atoms with E-state index in [0.717, 1.165) is 16.7 Å². The summed E-state index contributed by atoms with van der Waals surface area (Å²) in [6.45, 7) is 4.00. The van der Waals surface area contributed by atoms with Crippen LogP contribution in [0.15, 0.2) is 45.6 Å². The standard InChI is InChI=1S/C17H15NO3/c1-10-3-4-11(2)13(7-10)8-15(19)12-5-6-14-16(9-12)21-17(20)18-14/h3-7,9H,8H2,1-2H3,(H,18,20). The fourth-order valence-corrected chi connectivity index (χ4v) is 2.38. The number of fused-ring (bicyclic) bond motifs is 1. The van der Waals surface area contributed by atoms with Gasteiger partial charge in [-0.25, -0.2) is 4.79 Å². The number of carbonyl (C=O) groups is 1. The molecule has 0 saturated carbocycles. The Morgan fingerprint density at radius 1 is 1.14 bits per heavy atom. The lowest BCUT2D eigenvalue weighted by molar-refractivity contribution is 0.0993. The van der Waals surface area contributed by atoms with Crippen LogP contribution in [0.4, 0.5) is 0 Å². The molecule has 1 heterocycles. The van der Waals surface area contributed by atoms with Crippen molar-refractivity contribution in [2.24, 2.45) is 0 Å². The van der Waals surface area contributed by atoms with Gasteiger partial charge in [0.05, 0.1) is 5.52 Å². The van der Waals surface area contributed by atoms with Crippen LogP contribution in [0.1, 0.15) is 27.0 Å². The van der Waals surface area contributed by atoms with Gasteiger partial charge in [-0.3, -0.25) is 9.78 Å². The van der Waals surface area contributed by atoms with Crippen LogP contribution >= 0.6 is 0 Å². The minimum atomic E-state index is -0.510. The highest BCUT2D eigenvalue weighted by Gasteiger charge is 2.11. The zero-order valence-corrected chi connectivity index (χ0v) is 11.9. The smallest absolute Gasteiger partial charge is 0.408 e. The van der Waals surface area contributed by atoms with E-state index in [1.807, 2.05) is 32.0 Å². The van der Waals surface area contributed by atoms with Crippen LogP contribution in [0.25, 0.3) is 11.1 Å². The number of aromatic amines is 1. The maximum Gasteiger partial charge on any atom is 0.417 e. The molecule has 0 saturated heterocycles. The van der Waals surface area contributed by atoms with Gasteiger partial charge in [0.25, 0.3) is 0 Å². The van der Waals surface area contributed by atoms with Crippen LogP contribution in [-0.2, 0) is 6.42 Å². The third-order valence-electron chi connectivity index (χ3n) is 3.60. The molecule has 106 valence electrons. The summed E-state index contributed by atoms with van der Waals surface area (Å²) in [5.41, 5.74) is 4.82. The van der Waals surface area contributed by atoms with Gasteiger partial charge in [0, 0.05) is 12.0 Å². The van der Waals surface area contributed by atoms with Crippen molar-refractivity contribution in [2.75, 3.05) is 0 Å². The van der Waals surface area contributed by atoms with Crippen molar-refractivity contribution >= 4 is 16.9 Å². The van der Waals surface area contributed by atoms with E-state index in [0.29, 0.717) is 23.1 Å². The average Bonchev–Trinajstić information content (AvgIpc) is 2.81. The van der Waals surface area contributed by atoms with Crippen molar-refractivity contribution in [2.45, 2.75) is 20.3 Å². The van der Waals surface area contributed by atoms with Gasteiger partial charge >= 0.3 is 5.76 Å². The molecule has 0 atom stereocenters. The zero-order chi connectivity index (χ0) is 15.0. The Bertz CT molecular complexity index is 886. The first kappa shape index (κ1) is 13.4. The van der Waals surface area contributed by atoms with Crippen molar-refractivity contribution in [3.63, 3.8) is 0 Å². The number of Topliss-reactive ketones (excluding diaryl/α,β-unsaturated/α-hetero) is 1. The van der Waals surface area contributed by atoms with Gasteiger partial charge < -0.3 is 4.42 Å². The lowest BCUT2D eigenvalue weighted by Crippen LogP contribution is -2.05. The van der Waals surface area contributed by atoms with Crippen molar-refractivity contribution in [3.8, 4) is 0 Å². The molecule has 4 nitrogen and oxygen atoms in total. The summed E-state index contributed by atoms with van der Waals surface area (Å²) in [6.07, 6.45) is 0.341. The van der Waals surface area contributed by atoms with Gasteiger partial charge in [-0.1, -0.05) is 23.8 Å². The predicted octanol–water partition coefficient (Wildman–Crippen LogP) is 3.16. The molecule has 0 amide bonds. The van der Waals surface area contributed by atoms with Crippen molar-refractivity contribution in [1.82, 2.24) is 4.98 Å². The topological polar surface area (TPSA) is 63.1 Å². The first-order chi connectivity index (χ1) is 10.0. The second-order valence-corrected chi connectivity index (χ2v) is 5.26. The average molecular weight is 281 g/mol. The van der Waals surface area contributed by atoms with E-state index in [1.165, 1.54) is 0 Å². The van der Waals surface area contributed by atoms with E-state index < -0.39 is 5.76 Å². The normalized spacial score (nSPS) is 11.0. The monoisotopic (exact) mass is 281 g/mol. The number of aromatic nitrogens is 1. The predicted molar refractivity (Wildman–Crippen MR) is 80.8 cm³/mol. The second kappa shape index (κ2) is 5.05. The van der Waals surface area contributed by atoms with Crippen LogP contribution < -0.4 is 5.76 Å². The molecule has 0 bridgehead atoms. The number of aryl methyl sites for hydroxylation is 2. The number of hydrogen-bond acceptors (Lipinski definition) is 3. The molecule has 0 aliphatic rings. The van der Waals surface area contributed by atoms with Crippen LogP contribution in [0.3, 0.4) is 0 Å². The molecule has 21 heavy (non-hydrogen) atoms. The lowest BCUT2D eigenvalue weighted by atomic mass is 9.98. The Morgan fingerprint density at radius 3 is 2.76 bits per heavy atom. The molecular formula is C17H15NO3. The second-order valence-electron chi connectivity index (χ2n) is 5.26. The molecule has 0 aliphatic carbocycles. The molecule has 0 aliphatic heterocycles. The van der Waals surface area contributed by atoms with Gasteiger partial charge in [-0.15, -0.1) is 0 Å². The minimum Gasteiger partial charge on any atom is -0.408 e. The van der Waals surface area contributed by atoms with Gasteiger partial charge in [0.15, 0.2) is 11.4 Å². The molecule has 0 radical (unpaired) electrons. The summed E-state index contributed by atoms with van der Waals surface area (Å²) < 4.78 is 4.99. The molecule has 0 spiro atoms. The number of H-pyrrole nitrogens is 1. The number of benzene rings is 2. The number of hydrogen-bond donors (Lipinski definition) is 1. The van der Waals surface area contributed by atoms with Gasteiger partial charge in [0.1, 0.15) is 0 Å². The van der Waals surface area contributed by atoms with Crippen LogP contribution in [0.2, 0.25) is 0 Å². The summed E-state index contributed by atoms with van der Waals surface area (Å²) in [4.78, 5) is 26.1. The van der Waals surface area contributed by atoms with Crippen LogP contribution in [0, 0.1) is 13.8 Å². The Hall–Kier alpha value is -2.62. The Balaban J connectivity index is 1.92. The van der Waals surface area contributed by atoms with Crippen molar-refractivity contribution < 1.29 is 9.21 Å². The molecule has 0 unspecified atom stereocenters. The molecule has 3 aromatic rings. The maximum absolute atomic E-state index is 12.4. The maximum atomic E-state index is 12.4. The van der Waals surface area contributed by atoms with E-state index in [4.69, 9.17) is 4.42 Å². The molecular weight excluding hydrogens is 266 g/mol. The van der Waals surface area contributed by atoms with Crippen LogP contribution in [-0.4, -0.2) is 10.8 Å². The SMILES string of the molecule is Cc1ccc(C)c(CC(=O)c2ccc3[nH]c(=O)oc3c2)c1. The molecule has 1 aromatic heterocycles. The number of oxazole rings is 1. The lowest BCUT2D eigenvalue weighted by Gasteiger charge is -2.06. The van der Waals surface area contributed by atoms with E-state index in [-0.39, 0.29) is 5.78 Å². The molecule has 2 aromatic carbocycles. The molecule has 1 N–H and O–H groups in total. The summed E-state index contributed by atoms with van der Waals surface area (Å²) in [5, 5.41) is 0. The molecule has 3 rings (SSSR count). The highest BCUT2D eigenvalue weighted by molar-refractivity contribution is 5.99. The number of ketones is 1. The molecule has 4 heteroatoms. The summed E-state index contributed by atoms with van der Waals surface area (Å²) in [6, 6.07) is 11.1. The quantitative estimate of drug-likeness (QED) is 0.750. The zero-order valence-electron chi connectivity index (χ0n) is 11.9.